The van der Waals surface area contributed by atoms with Crippen LogP contribution in [0.5, 0.6) is 11.5 Å². The molecule has 0 unspecified atom stereocenters. The SMILES string of the molecule is COc1ccc(C(=O)NCC2CCCC2)cc1O. The molecule has 1 amide bonds. The number of ether oxygens (including phenoxy) is 1. The number of phenolic OH excluding ortho intramolecular Hbond substituents is 1. The van der Waals surface area contributed by atoms with E-state index in [2.05, 4.69) is 5.32 Å². The van der Waals surface area contributed by atoms with E-state index in [-0.39, 0.29) is 11.7 Å². The number of carbonyl (C=O) groups is 1. The molecule has 4 nitrogen and oxygen atoms in total. The molecular formula is C14H19NO3. The molecule has 0 atom stereocenters. The molecule has 0 aliphatic heterocycles. The Labute approximate surface area is 107 Å². The van der Waals surface area contributed by atoms with Gasteiger partial charge in [-0.3, -0.25) is 4.79 Å². The van der Waals surface area contributed by atoms with Crippen LogP contribution in [0.4, 0.5) is 0 Å². The summed E-state index contributed by atoms with van der Waals surface area (Å²) >= 11 is 0. The number of aromatic hydroxyl groups is 1. The van der Waals surface area contributed by atoms with Crippen LogP contribution in [0.15, 0.2) is 18.2 Å². The van der Waals surface area contributed by atoms with E-state index in [4.69, 9.17) is 4.74 Å². The maximum atomic E-state index is 11.9. The van der Waals surface area contributed by atoms with Gasteiger partial charge in [0.1, 0.15) is 0 Å². The second kappa shape index (κ2) is 5.76. The molecule has 1 fully saturated rings. The maximum absolute atomic E-state index is 11.9. The number of amides is 1. The molecule has 1 aromatic rings. The number of hydrogen-bond acceptors (Lipinski definition) is 3. The van der Waals surface area contributed by atoms with Crippen molar-refractivity contribution < 1.29 is 14.6 Å². The minimum absolute atomic E-state index is 0.00832. The van der Waals surface area contributed by atoms with Crippen molar-refractivity contribution in [2.45, 2.75) is 25.7 Å². The smallest absolute Gasteiger partial charge is 0.251 e. The molecule has 0 aromatic heterocycles. The Morgan fingerprint density at radius 3 is 2.78 bits per heavy atom. The highest BCUT2D eigenvalue weighted by Crippen LogP contribution is 2.26. The number of carbonyl (C=O) groups excluding carboxylic acids is 1. The van der Waals surface area contributed by atoms with Crippen LogP contribution in [-0.2, 0) is 0 Å². The highest BCUT2D eigenvalue weighted by molar-refractivity contribution is 5.94. The van der Waals surface area contributed by atoms with Crippen LogP contribution in [0, 0.1) is 5.92 Å². The van der Waals surface area contributed by atoms with E-state index in [1.807, 2.05) is 0 Å². The zero-order valence-electron chi connectivity index (χ0n) is 10.6. The third kappa shape index (κ3) is 2.94. The molecule has 0 bridgehead atoms. The molecule has 18 heavy (non-hydrogen) atoms. The fraction of sp³-hybridized carbons (Fsp3) is 0.500. The van der Waals surface area contributed by atoms with E-state index in [9.17, 15) is 9.90 Å². The van der Waals surface area contributed by atoms with Crippen molar-refractivity contribution in [2.24, 2.45) is 5.92 Å². The molecule has 4 heteroatoms. The van der Waals surface area contributed by atoms with Crippen LogP contribution in [0.2, 0.25) is 0 Å². The lowest BCUT2D eigenvalue weighted by atomic mass is 10.1. The van der Waals surface area contributed by atoms with Crippen LogP contribution >= 0.6 is 0 Å². The minimum Gasteiger partial charge on any atom is -0.504 e. The van der Waals surface area contributed by atoms with Crippen molar-refractivity contribution in [1.29, 1.82) is 0 Å². The highest BCUT2D eigenvalue weighted by Gasteiger charge is 2.16. The van der Waals surface area contributed by atoms with Gasteiger partial charge in [-0.1, -0.05) is 12.8 Å². The molecule has 1 aliphatic rings. The molecule has 1 aliphatic carbocycles. The van der Waals surface area contributed by atoms with Crippen LogP contribution in [-0.4, -0.2) is 24.7 Å². The Hall–Kier alpha value is -1.71. The number of rotatable bonds is 4. The van der Waals surface area contributed by atoms with E-state index < -0.39 is 0 Å². The van der Waals surface area contributed by atoms with Gasteiger partial charge in [0.15, 0.2) is 11.5 Å². The second-order valence-corrected chi connectivity index (χ2v) is 4.75. The van der Waals surface area contributed by atoms with Crippen molar-refractivity contribution in [3.05, 3.63) is 23.8 Å². The minimum atomic E-state index is -0.139. The summed E-state index contributed by atoms with van der Waals surface area (Å²) in [5.41, 5.74) is 0.464. The van der Waals surface area contributed by atoms with E-state index >= 15 is 0 Å². The van der Waals surface area contributed by atoms with E-state index in [1.54, 1.807) is 12.1 Å². The molecule has 0 saturated heterocycles. The molecule has 1 aromatic carbocycles. The van der Waals surface area contributed by atoms with Crippen LogP contribution in [0.3, 0.4) is 0 Å². The Bertz CT molecular complexity index is 425. The van der Waals surface area contributed by atoms with Crippen molar-refractivity contribution in [1.82, 2.24) is 5.32 Å². The number of benzene rings is 1. The largest absolute Gasteiger partial charge is 0.504 e. The third-order valence-corrected chi connectivity index (χ3v) is 3.47. The van der Waals surface area contributed by atoms with Gasteiger partial charge in [-0.2, -0.15) is 0 Å². The second-order valence-electron chi connectivity index (χ2n) is 4.75. The topological polar surface area (TPSA) is 58.6 Å². The number of hydrogen-bond donors (Lipinski definition) is 2. The van der Waals surface area contributed by atoms with Gasteiger partial charge in [0.25, 0.3) is 5.91 Å². The predicted molar refractivity (Wildman–Crippen MR) is 69.0 cm³/mol. The summed E-state index contributed by atoms with van der Waals surface area (Å²) in [4.78, 5) is 11.9. The van der Waals surface area contributed by atoms with Crippen molar-refractivity contribution in [3.8, 4) is 11.5 Å². The van der Waals surface area contributed by atoms with Gasteiger partial charge in [0.2, 0.25) is 0 Å². The van der Waals surface area contributed by atoms with Gasteiger partial charge in [0.05, 0.1) is 7.11 Å². The van der Waals surface area contributed by atoms with E-state index in [0.717, 1.165) is 6.54 Å². The molecule has 0 radical (unpaired) electrons. The Morgan fingerprint density at radius 1 is 1.44 bits per heavy atom. The highest BCUT2D eigenvalue weighted by atomic mass is 16.5. The standard InChI is InChI=1S/C14H19NO3/c1-18-13-7-6-11(8-12(13)16)14(17)15-9-10-4-2-3-5-10/h6-8,10,16H,2-5,9H2,1H3,(H,15,17). The lowest BCUT2D eigenvalue weighted by Crippen LogP contribution is -2.28. The number of nitrogens with one attached hydrogen (secondary N) is 1. The first-order valence-corrected chi connectivity index (χ1v) is 6.36. The molecular weight excluding hydrogens is 230 g/mol. The average molecular weight is 249 g/mol. The van der Waals surface area contributed by atoms with Gasteiger partial charge >= 0.3 is 0 Å². The van der Waals surface area contributed by atoms with Gasteiger partial charge < -0.3 is 15.2 Å². The molecule has 2 N–H and O–H groups in total. The molecule has 2 rings (SSSR count). The van der Waals surface area contributed by atoms with Crippen LogP contribution in [0.25, 0.3) is 0 Å². The van der Waals surface area contributed by atoms with Crippen molar-refractivity contribution >= 4 is 5.91 Å². The first kappa shape index (κ1) is 12.7. The summed E-state index contributed by atoms with van der Waals surface area (Å²) < 4.78 is 4.94. The molecule has 98 valence electrons. The maximum Gasteiger partial charge on any atom is 0.251 e. The van der Waals surface area contributed by atoms with Gasteiger partial charge in [-0.25, -0.2) is 0 Å². The zero-order chi connectivity index (χ0) is 13.0. The normalized spacial score (nSPS) is 15.6. The Balaban J connectivity index is 1.93. The van der Waals surface area contributed by atoms with Gasteiger partial charge in [-0.05, 0) is 37.0 Å². The summed E-state index contributed by atoms with van der Waals surface area (Å²) in [5.74, 6) is 0.842. The molecule has 0 spiro atoms. The van der Waals surface area contributed by atoms with Gasteiger partial charge in [-0.15, -0.1) is 0 Å². The predicted octanol–water partition coefficient (Wildman–Crippen LogP) is 2.32. The number of phenols is 1. The monoisotopic (exact) mass is 249 g/mol. The summed E-state index contributed by atoms with van der Waals surface area (Å²) in [6, 6.07) is 4.69. The lowest BCUT2D eigenvalue weighted by molar-refractivity contribution is 0.0947. The Morgan fingerprint density at radius 2 is 2.17 bits per heavy atom. The summed E-state index contributed by atoms with van der Waals surface area (Å²) in [6.07, 6.45) is 4.94. The summed E-state index contributed by atoms with van der Waals surface area (Å²) in [7, 11) is 1.48. The number of methoxy groups -OCH3 is 1. The summed E-state index contributed by atoms with van der Waals surface area (Å²) in [5, 5.41) is 12.5. The lowest BCUT2D eigenvalue weighted by Gasteiger charge is -2.11. The molecule has 1 saturated carbocycles. The summed E-state index contributed by atoms with van der Waals surface area (Å²) in [6.45, 7) is 0.728. The van der Waals surface area contributed by atoms with E-state index in [1.165, 1.54) is 38.9 Å². The third-order valence-electron chi connectivity index (χ3n) is 3.47. The Kier molecular flexibility index (Phi) is 4.07. The fourth-order valence-electron chi connectivity index (χ4n) is 2.38. The zero-order valence-corrected chi connectivity index (χ0v) is 10.6. The van der Waals surface area contributed by atoms with Crippen molar-refractivity contribution in [3.63, 3.8) is 0 Å². The van der Waals surface area contributed by atoms with Crippen LogP contribution in [0.1, 0.15) is 36.0 Å². The van der Waals surface area contributed by atoms with Crippen LogP contribution < -0.4 is 10.1 Å². The van der Waals surface area contributed by atoms with Crippen molar-refractivity contribution in [2.75, 3.05) is 13.7 Å². The average Bonchev–Trinajstić information content (AvgIpc) is 2.89. The van der Waals surface area contributed by atoms with E-state index in [0.29, 0.717) is 17.2 Å². The first-order chi connectivity index (χ1) is 8.70. The quantitative estimate of drug-likeness (QED) is 0.861. The fourth-order valence-corrected chi connectivity index (χ4v) is 2.38. The molecule has 0 heterocycles. The first-order valence-electron chi connectivity index (χ1n) is 6.36. The van der Waals surface area contributed by atoms with Gasteiger partial charge in [0, 0.05) is 12.1 Å².